The highest BCUT2D eigenvalue weighted by Gasteiger charge is 2.38. The van der Waals surface area contributed by atoms with Crippen LogP contribution in [0.2, 0.25) is 0 Å². The van der Waals surface area contributed by atoms with Crippen molar-refractivity contribution in [2.45, 2.75) is 43.2 Å². The summed E-state index contributed by atoms with van der Waals surface area (Å²) in [6.07, 6.45) is 1.74. The summed E-state index contributed by atoms with van der Waals surface area (Å²) in [5.41, 5.74) is 0.963. The van der Waals surface area contributed by atoms with Crippen molar-refractivity contribution in [3.05, 3.63) is 78.4 Å². The van der Waals surface area contributed by atoms with Crippen molar-refractivity contribution in [1.82, 2.24) is 9.62 Å². The number of carbonyl (C=O) groups excluding carboxylic acids is 2. The number of nitrogens with zero attached hydrogens (tertiary/aromatic N) is 1. The molecule has 7 nitrogen and oxygen atoms in total. The van der Waals surface area contributed by atoms with Crippen molar-refractivity contribution in [3.8, 4) is 0 Å². The van der Waals surface area contributed by atoms with Crippen LogP contribution in [0.5, 0.6) is 0 Å². The second-order valence-corrected chi connectivity index (χ2v) is 10.3. The summed E-state index contributed by atoms with van der Waals surface area (Å²) in [6, 6.07) is 20.6. The van der Waals surface area contributed by atoms with Gasteiger partial charge in [0.05, 0.1) is 10.9 Å². The smallest absolute Gasteiger partial charge is 0.324 e. The average molecular weight is 481 g/mol. The predicted octanol–water partition coefficient (Wildman–Crippen LogP) is 3.80. The van der Waals surface area contributed by atoms with Crippen LogP contribution in [-0.4, -0.2) is 43.8 Å². The molecule has 0 aromatic heterocycles. The van der Waals surface area contributed by atoms with Gasteiger partial charge in [0, 0.05) is 6.54 Å². The van der Waals surface area contributed by atoms with Crippen molar-refractivity contribution in [3.63, 3.8) is 0 Å². The topological polar surface area (TPSA) is 92.8 Å². The molecule has 3 aromatic carbocycles. The molecule has 0 spiro atoms. The van der Waals surface area contributed by atoms with Gasteiger partial charge in [-0.05, 0) is 54.7 Å². The number of sulfonamides is 1. The first-order chi connectivity index (χ1) is 16.4. The molecule has 1 N–H and O–H groups in total. The van der Waals surface area contributed by atoms with Gasteiger partial charge in [0.25, 0.3) is 5.91 Å². The quantitative estimate of drug-likeness (QED) is 0.519. The number of piperidine rings is 1. The lowest BCUT2D eigenvalue weighted by atomic mass is 10.00. The SMILES string of the molecule is CC(NC(=O)COC(=O)C1CCCCN1S(=O)(=O)c1ccccc1)c1cccc2ccccc12. The lowest BCUT2D eigenvalue weighted by Gasteiger charge is -2.33. The third-order valence-corrected chi connectivity index (χ3v) is 8.01. The Balaban J connectivity index is 1.39. The molecule has 0 saturated carbocycles. The molecule has 2 atom stereocenters. The highest BCUT2D eigenvalue weighted by Crippen LogP contribution is 2.26. The summed E-state index contributed by atoms with van der Waals surface area (Å²) in [5.74, 6) is -1.14. The van der Waals surface area contributed by atoms with Gasteiger partial charge in [-0.25, -0.2) is 8.42 Å². The Hall–Kier alpha value is -3.23. The molecule has 8 heteroatoms. The Morgan fingerprint density at radius 1 is 1.00 bits per heavy atom. The van der Waals surface area contributed by atoms with Crippen molar-refractivity contribution in [1.29, 1.82) is 0 Å². The highest BCUT2D eigenvalue weighted by atomic mass is 32.2. The first-order valence-corrected chi connectivity index (χ1v) is 12.8. The molecule has 1 amide bonds. The number of hydrogen-bond acceptors (Lipinski definition) is 5. The van der Waals surface area contributed by atoms with Gasteiger partial charge >= 0.3 is 5.97 Å². The molecule has 2 unspecified atom stereocenters. The van der Waals surface area contributed by atoms with Gasteiger partial charge < -0.3 is 10.1 Å². The van der Waals surface area contributed by atoms with E-state index in [-0.39, 0.29) is 17.5 Å². The number of fused-ring (bicyclic) bond motifs is 1. The minimum atomic E-state index is -3.84. The number of hydrogen-bond donors (Lipinski definition) is 1. The van der Waals surface area contributed by atoms with Crippen LogP contribution in [0.1, 0.15) is 37.8 Å². The fourth-order valence-corrected chi connectivity index (χ4v) is 6.05. The molecule has 1 saturated heterocycles. The largest absolute Gasteiger partial charge is 0.454 e. The fourth-order valence-electron chi connectivity index (χ4n) is 4.38. The van der Waals surface area contributed by atoms with E-state index in [0.717, 1.165) is 16.3 Å². The van der Waals surface area contributed by atoms with Gasteiger partial charge in [-0.1, -0.05) is 60.7 Å². The zero-order chi connectivity index (χ0) is 24.1. The Labute approximate surface area is 199 Å². The predicted molar refractivity (Wildman–Crippen MR) is 129 cm³/mol. The molecule has 34 heavy (non-hydrogen) atoms. The van der Waals surface area contributed by atoms with Gasteiger partial charge in [0.15, 0.2) is 6.61 Å². The van der Waals surface area contributed by atoms with Crippen molar-refractivity contribution in [2.24, 2.45) is 0 Å². The van der Waals surface area contributed by atoms with Gasteiger partial charge in [-0.15, -0.1) is 0 Å². The minimum absolute atomic E-state index is 0.136. The molecule has 0 radical (unpaired) electrons. The van der Waals surface area contributed by atoms with E-state index in [1.54, 1.807) is 18.2 Å². The van der Waals surface area contributed by atoms with Crippen molar-refractivity contribution < 1.29 is 22.7 Å². The van der Waals surface area contributed by atoms with Crippen LogP contribution in [0.3, 0.4) is 0 Å². The third-order valence-electron chi connectivity index (χ3n) is 6.09. The summed E-state index contributed by atoms with van der Waals surface area (Å²) in [5, 5.41) is 4.98. The maximum absolute atomic E-state index is 13.1. The zero-order valence-electron chi connectivity index (χ0n) is 19.0. The molecule has 3 aromatic rings. The normalized spacial score (nSPS) is 17.7. The molecule has 1 aliphatic heterocycles. The summed E-state index contributed by atoms with van der Waals surface area (Å²) < 4.78 is 32.6. The average Bonchev–Trinajstić information content (AvgIpc) is 2.87. The highest BCUT2D eigenvalue weighted by molar-refractivity contribution is 7.89. The standard InChI is InChI=1S/C26H28N2O5S/c1-19(22-15-9-11-20-10-5-6-14-23(20)22)27-25(29)18-33-26(30)24-16-7-8-17-28(24)34(31,32)21-12-3-2-4-13-21/h2-6,9-15,19,24H,7-8,16-18H2,1H3,(H,27,29). The van der Waals surface area contributed by atoms with E-state index < -0.39 is 34.5 Å². The summed E-state index contributed by atoms with van der Waals surface area (Å²) >= 11 is 0. The van der Waals surface area contributed by atoms with E-state index in [9.17, 15) is 18.0 Å². The number of ether oxygens (including phenoxy) is 1. The van der Waals surface area contributed by atoms with E-state index in [1.807, 2.05) is 49.4 Å². The summed E-state index contributed by atoms with van der Waals surface area (Å²) in [6.45, 7) is 1.64. The molecule has 4 rings (SSSR count). The molecule has 1 aliphatic rings. The molecule has 178 valence electrons. The number of benzene rings is 3. The van der Waals surface area contributed by atoms with Crippen LogP contribution in [0.4, 0.5) is 0 Å². The maximum atomic E-state index is 13.1. The van der Waals surface area contributed by atoms with Crippen LogP contribution in [0.25, 0.3) is 10.8 Å². The number of rotatable bonds is 7. The summed E-state index contributed by atoms with van der Waals surface area (Å²) in [4.78, 5) is 25.5. The van der Waals surface area contributed by atoms with E-state index in [1.165, 1.54) is 16.4 Å². The van der Waals surface area contributed by atoms with Crippen LogP contribution in [0.15, 0.2) is 77.7 Å². The van der Waals surface area contributed by atoms with E-state index in [4.69, 9.17) is 4.74 Å². The monoisotopic (exact) mass is 480 g/mol. The number of esters is 1. The van der Waals surface area contributed by atoms with E-state index in [0.29, 0.717) is 19.3 Å². The lowest BCUT2D eigenvalue weighted by Crippen LogP contribution is -2.49. The third kappa shape index (κ3) is 5.13. The fraction of sp³-hybridized carbons (Fsp3) is 0.308. The Morgan fingerprint density at radius 2 is 1.71 bits per heavy atom. The molecule has 1 heterocycles. The number of nitrogens with one attached hydrogen (secondary N) is 1. The van der Waals surface area contributed by atoms with Crippen molar-refractivity contribution in [2.75, 3.05) is 13.2 Å². The van der Waals surface area contributed by atoms with E-state index >= 15 is 0 Å². The minimum Gasteiger partial charge on any atom is -0.454 e. The van der Waals surface area contributed by atoms with Crippen LogP contribution in [-0.2, 0) is 24.3 Å². The molecular weight excluding hydrogens is 452 g/mol. The first-order valence-electron chi connectivity index (χ1n) is 11.4. The molecule has 0 aliphatic carbocycles. The van der Waals surface area contributed by atoms with Crippen LogP contribution >= 0.6 is 0 Å². The zero-order valence-corrected chi connectivity index (χ0v) is 19.8. The van der Waals surface area contributed by atoms with E-state index in [2.05, 4.69) is 5.32 Å². The Morgan fingerprint density at radius 3 is 2.50 bits per heavy atom. The van der Waals surface area contributed by atoms with Crippen molar-refractivity contribution >= 4 is 32.7 Å². The Bertz CT molecular complexity index is 1270. The van der Waals surface area contributed by atoms with Crippen LogP contribution < -0.4 is 5.32 Å². The second kappa shape index (κ2) is 10.4. The van der Waals surface area contributed by atoms with Crippen LogP contribution in [0, 0.1) is 0 Å². The van der Waals surface area contributed by atoms with Gasteiger partial charge in [0.1, 0.15) is 6.04 Å². The van der Waals surface area contributed by atoms with Gasteiger partial charge in [0.2, 0.25) is 10.0 Å². The first kappa shape index (κ1) is 23.9. The van der Waals surface area contributed by atoms with Gasteiger partial charge in [-0.3, -0.25) is 9.59 Å². The lowest BCUT2D eigenvalue weighted by molar-refractivity contribution is -0.153. The number of carbonyl (C=O) groups is 2. The molecular formula is C26H28N2O5S. The molecule has 1 fully saturated rings. The second-order valence-electron chi connectivity index (χ2n) is 8.41. The Kier molecular flexibility index (Phi) is 7.29. The maximum Gasteiger partial charge on any atom is 0.324 e. The number of amides is 1. The van der Waals surface area contributed by atoms with Gasteiger partial charge in [-0.2, -0.15) is 4.31 Å². The summed E-state index contributed by atoms with van der Waals surface area (Å²) in [7, 11) is -3.84. The molecule has 0 bridgehead atoms.